The van der Waals surface area contributed by atoms with E-state index in [1.807, 2.05) is 0 Å². The fraction of sp³-hybridized carbons (Fsp3) is 0.600. The van der Waals surface area contributed by atoms with Crippen molar-refractivity contribution < 1.29 is 4.74 Å². The maximum Gasteiger partial charge on any atom is 0.0514 e. The van der Waals surface area contributed by atoms with Crippen LogP contribution in [-0.4, -0.2) is 38.3 Å². The lowest BCUT2D eigenvalue weighted by Crippen LogP contribution is -2.26. The molecule has 3 heteroatoms. The third kappa shape index (κ3) is 3.72. The van der Waals surface area contributed by atoms with Crippen LogP contribution in [0.2, 0.25) is 0 Å². The molecule has 1 heterocycles. The molecule has 2 atom stereocenters. The number of nitrogens with one attached hydrogen (secondary N) is 1. The van der Waals surface area contributed by atoms with Crippen LogP contribution < -0.4 is 5.32 Å². The van der Waals surface area contributed by atoms with Crippen LogP contribution in [0.25, 0.3) is 0 Å². The van der Waals surface area contributed by atoms with Crippen molar-refractivity contribution in [3.63, 3.8) is 0 Å². The van der Waals surface area contributed by atoms with Crippen molar-refractivity contribution in [3.8, 4) is 0 Å². The van der Waals surface area contributed by atoms with Gasteiger partial charge in [-0.3, -0.25) is 0 Å². The van der Waals surface area contributed by atoms with Gasteiger partial charge >= 0.3 is 0 Å². The van der Waals surface area contributed by atoms with E-state index in [1.54, 1.807) is 0 Å². The van der Waals surface area contributed by atoms with Gasteiger partial charge in [-0.05, 0) is 45.1 Å². The Labute approximate surface area is 110 Å². The Morgan fingerprint density at radius 2 is 2.28 bits per heavy atom. The number of ether oxygens (including phenoxy) is 1. The number of rotatable bonds is 5. The molecular weight excluding hydrogens is 224 g/mol. The van der Waals surface area contributed by atoms with E-state index in [9.17, 15) is 0 Å². The topological polar surface area (TPSA) is 24.5 Å². The first kappa shape index (κ1) is 13.4. The molecule has 1 aliphatic heterocycles. The highest BCUT2D eigenvalue weighted by molar-refractivity contribution is 5.46. The maximum atomic E-state index is 5.45. The second-order valence-electron chi connectivity index (χ2n) is 5.49. The van der Waals surface area contributed by atoms with Gasteiger partial charge in [-0.15, -0.1) is 0 Å². The lowest BCUT2D eigenvalue weighted by atomic mass is 10.0. The minimum absolute atomic E-state index is 0.474. The van der Waals surface area contributed by atoms with Crippen LogP contribution in [0.4, 0.5) is 5.69 Å². The molecule has 1 aromatic carbocycles. The Balaban J connectivity index is 1.95. The smallest absolute Gasteiger partial charge is 0.0514 e. The Morgan fingerprint density at radius 3 is 2.94 bits per heavy atom. The average Bonchev–Trinajstić information content (AvgIpc) is 2.81. The molecule has 2 rings (SSSR count). The van der Waals surface area contributed by atoms with Crippen LogP contribution >= 0.6 is 0 Å². The van der Waals surface area contributed by atoms with Crippen molar-refractivity contribution in [2.45, 2.75) is 25.9 Å². The third-order valence-corrected chi connectivity index (χ3v) is 3.49. The normalized spacial score (nSPS) is 21.2. The molecule has 1 aromatic rings. The molecule has 0 aliphatic carbocycles. The van der Waals surface area contributed by atoms with Gasteiger partial charge in [0.05, 0.1) is 6.61 Å². The average molecular weight is 248 g/mol. The molecule has 2 unspecified atom stereocenters. The second-order valence-corrected chi connectivity index (χ2v) is 5.49. The quantitative estimate of drug-likeness (QED) is 0.867. The van der Waals surface area contributed by atoms with E-state index in [1.165, 1.54) is 17.7 Å². The molecule has 0 amide bonds. The number of hydrogen-bond donors (Lipinski definition) is 1. The minimum atomic E-state index is 0.474. The van der Waals surface area contributed by atoms with Gasteiger partial charge in [0.15, 0.2) is 0 Å². The van der Waals surface area contributed by atoms with Crippen molar-refractivity contribution in [3.05, 3.63) is 29.8 Å². The zero-order valence-corrected chi connectivity index (χ0v) is 11.6. The number of nitrogens with zero attached hydrogens (tertiary/aromatic N) is 1. The molecule has 18 heavy (non-hydrogen) atoms. The van der Waals surface area contributed by atoms with Crippen LogP contribution in [0, 0.1) is 5.92 Å². The summed E-state index contributed by atoms with van der Waals surface area (Å²) < 4.78 is 5.45. The zero-order chi connectivity index (χ0) is 13.0. The zero-order valence-electron chi connectivity index (χ0n) is 11.6. The van der Waals surface area contributed by atoms with Crippen molar-refractivity contribution in [1.82, 2.24) is 4.90 Å². The highest BCUT2D eigenvalue weighted by atomic mass is 16.5. The largest absolute Gasteiger partial charge is 0.382 e. The molecule has 1 aliphatic rings. The van der Waals surface area contributed by atoms with Gasteiger partial charge in [-0.25, -0.2) is 0 Å². The van der Waals surface area contributed by atoms with E-state index in [2.05, 4.69) is 55.5 Å². The van der Waals surface area contributed by atoms with Gasteiger partial charge in [0.1, 0.15) is 0 Å². The summed E-state index contributed by atoms with van der Waals surface area (Å²) in [6.07, 6.45) is 1.17. The van der Waals surface area contributed by atoms with Crippen molar-refractivity contribution in [1.29, 1.82) is 0 Å². The molecular formula is C15H24N2O. The van der Waals surface area contributed by atoms with E-state index < -0.39 is 0 Å². The molecule has 3 nitrogen and oxygen atoms in total. The van der Waals surface area contributed by atoms with E-state index in [-0.39, 0.29) is 0 Å². The van der Waals surface area contributed by atoms with Crippen LogP contribution in [-0.2, 0) is 11.3 Å². The third-order valence-electron chi connectivity index (χ3n) is 3.49. The molecule has 1 N–H and O–H groups in total. The summed E-state index contributed by atoms with van der Waals surface area (Å²) in [4.78, 5) is 2.19. The van der Waals surface area contributed by atoms with Crippen molar-refractivity contribution in [2.24, 2.45) is 5.92 Å². The molecule has 0 bridgehead atoms. The molecule has 100 valence electrons. The Morgan fingerprint density at radius 1 is 1.44 bits per heavy atom. The predicted molar refractivity (Wildman–Crippen MR) is 75.8 cm³/mol. The summed E-state index contributed by atoms with van der Waals surface area (Å²) in [7, 11) is 4.19. The highest BCUT2D eigenvalue weighted by Crippen LogP contribution is 2.21. The fourth-order valence-corrected chi connectivity index (χ4v) is 2.45. The summed E-state index contributed by atoms with van der Waals surface area (Å²) in [5.41, 5.74) is 2.56. The van der Waals surface area contributed by atoms with Gasteiger partial charge in [-0.2, -0.15) is 0 Å². The summed E-state index contributed by atoms with van der Waals surface area (Å²) in [6.45, 7) is 5.04. The van der Waals surface area contributed by atoms with E-state index >= 15 is 0 Å². The minimum Gasteiger partial charge on any atom is -0.382 e. The standard InChI is InChI=1S/C15H24N2O/c1-12(14-7-8-18-11-14)16-15-6-4-5-13(9-15)10-17(2)3/h4-6,9,12,14,16H,7-8,10-11H2,1-3H3. The SMILES string of the molecule is CC(Nc1cccc(CN(C)C)c1)C1CCOC1. The number of hydrogen-bond acceptors (Lipinski definition) is 3. The summed E-state index contributed by atoms with van der Waals surface area (Å²) >= 11 is 0. The van der Waals surface area contributed by atoms with Crippen LogP contribution in [0.5, 0.6) is 0 Å². The van der Waals surface area contributed by atoms with Gasteiger partial charge in [0, 0.05) is 30.8 Å². The molecule has 0 spiro atoms. The van der Waals surface area contributed by atoms with Gasteiger partial charge in [0.25, 0.3) is 0 Å². The first-order valence-electron chi connectivity index (χ1n) is 6.73. The molecule has 1 saturated heterocycles. The number of anilines is 1. The highest BCUT2D eigenvalue weighted by Gasteiger charge is 2.21. The monoisotopic (exact) mass is 248 g/mol. The molecule has 0 aromatic heterocycles. The first-order chi connectivity index (χ1) is 8.65. The molecule has 0 saturated carbocycles. The predicted octanol–water partition coefficient (Wildman–Crippen LogP) is 2.59. The second kappa shape index (κ2) is 6.21. The summed E-state index contributed by atoms with van der Waals surface area (Å²) in [6, 6.07) is 9.16. The van der Waals surface area contributed by atoms with Crippen LogP contribution in [0.15, 0.2) is 24.3 Å². The Hall–Kier alpha value is -1.06. The van der Waals surface area contributed by atoms with Crippen molar-refractivity contribution in [2.75, 3.05) is 32.6 Å². The summed E-state index contributed by atoms with van der Waals surface area (Å²) in [5, 5.41) is 3.60. The van der Waals surface area contributed by atoms with Gasteiger partial charge < -0.3 is 15.0 Å². The van der Waals surface area contributed by atoms with E-state index in [0.717, 1.165) is 19.8 Å². The fourth-order valence-electron chi connectivity index (χ4n) is 2.45. The van der Waals surface area contributed by atoms with Crippen LogP contribution in [0.1, 0.15) is 18.9 Å². The van der Waals surface area contributed by atoms with E-state index in [4.69, 9.17) is 4.74 Å². The molecule has 0 radical (unpaired) electrons. The van der Waals surface area contributed by atoms with Gasteiger partial charge in [0.2, 0.25) is 0 Å². The van der Waals surface area contributed by atoms with Crippen LogP contribution in [0.3, 0.4) is 0 Å². The summed E-state index contributed by atoms with van der Waals surface area (Å²) in [5.74, 6) is 0.641. The molecule has 1 fully saturated rings. The Kier molecular flexibility index (Phi) is 4.61. The van der Waals surface area contributed by atoms with E-state index in [0.29, 0.717) is 12.0 Å². The number of benzene rings is 1. The maximum absolute atomic E-state index is 5.45. The van der Waals surface area contributed by atoms with Crippen molar-refractivity contribution >= 4 is 5.69 Å². The Bertz CT molecular complexity index is 373. The lowest BCUT2D eigenvalue weighted by Gasteiger charge is -2.21. The van der Waals surface area contributed by atoms with Gasteiger partial charge in [-0.1, -0.05) is 12.1 Å². The first-order valence-corrected chi connectivity index (χ1v) is 6.73. The lowest BCUT2D eigenvalue weighted by molar-refractivity contribution is 0.183.